The van der Waals surface area contributed by atoms with E-state index in [1.54, 1.807) is 0 Å². The van der Waals surface area contributed by atoms with Gasteiger partial charge in [-0.3, -0.25) is 4.90 Å². The highest BCUT2D eigenvalue weighted by Gasteiger charge is 2.29. The maximum absolute atomic E-state index is 13.2. The van der Waals surface area contributed by atoms with Gasteiger partial charge in [-0.1, -0.05) is 0 Å². The summed E-state index contributed by atoms with van der Waals surface area (Å²) in [6.07, 6.45) is 1.85. The van der Waals surface area contributed by atoms with E-state index in [4.69, 9.17) is 5.26 Å². The van der Waals surface area contributed by atoms with Crippen molar-refractivity contribution in [2.24, 2.45) is 0 Å². The van der Waals surface area contributed by atoms with Gasteiger partial charge in [0.2, 0.25) is 0 Å². The highest BCUT2D eigenvalue weighted by Crippen LogP contribution is 2.20. The van der Waals surface area contributed by atoms with Crippen molar-refractivity contribution in [2.75, 3.05) is 13.1 Å². The summed E-state index contributed by atoms with van der Waals surface area (Å²) in [5, 5.41) is 8.91. The molecule has 1 aliphatic rings. The molecule has 1 aliphatic heterocycles. The molecule has 3 heteroatoms. The normalized spacial score (nSPS) is 26.5. The maximum Gasteiger partial charge on any atom is 0.113 e. The van der Waals surface area contributed by atoms with Gasteiger partial charge in [0.15, 0.2) is 0 Å². The van der Waals surface area contributed by atoms with E-state index in [0.717, 1.165) is 19.4 Å². The number of likely N-dealkylation sites (tertiary alicyclic amines) is 1. The lowest BCUT2D eigenvalue weighted by Gasteiger charge is -2.32. The van der Waals surface area contributed by atoms with Crippen LogP contribution in [0.15, 0.2) is 0 Å². The predicted molar refractivity (Wildman–Crippen MR) is 50.0 cm³/mol. The zero-order chi connectivity index (χ0) is 9.90. The molecule has 0 radical (unpaired) electrons. The number of halogens is 1. The van der Waals surface area contributed by atoms with Crippen LogP contribution in [0.2, 0.25) is 0 Å². The molecule has 74 valence electrons. The van der Waals surface area contributed by atoms with Crippen LogP contribution < -0.4 is 0 Å². The summed E-state index contributed by atoms with van der Waals surface area (Å²) in [7, 11) is 0. The Morgan fingerprint density at radius 2 is 2.15 bits per heavy atom. The molecule has 1 unspecified atom stereocenters. The first kappa shape index (κ1) is 10.5. The van der Waals surface area contributed by atoms with Crippen molar-refractivity contribution in [1.82, 2.24) is 4.90 Å². The van der Waals surface area contributed by atoms with Crippen molar-refractivity contribution in [2.45, 2.75) is 44.8 Å². The van der Waals surface area contributed by atoms with Crippen molar-refractivity contribution in [3.05, 3.63) is 0 Å². The van der Waals surface area contributed by atoms with Crippen molar-refractivity contribution < 1.29 is 4.39 Å². The minimum Gasteiger partial charge on any atom is -0.283 e. The molecule has 0 saturated carbocycles. The molecular weight excluding hydrogens is 167 g/mol. The van der Waals surface area contributed by atoms with Gasteiger partial charge in [-0.25, -0.2) is 4.39 Å². The van der Waals surface area contributed by atoms with Crippen LogP contribution in [-0.2, 0) is 0 Å². The minimum absolute atomic E-state index is 0.417. The van der Waals surface area contributed by atoms with Gasteiger partial charge in [0.25, 0.3) is 0 Å². The number of nitriles is 1. The van der Waals surface area contributed by atoms with Gasteiger partial charge in [-0.05, 0) is 39.7 Å². The molecule has 0 amide bonds. The lowest BCUT2D eigenvalue weighted by Crippen LogP contribution is -2.45. The van der Waals surface area contributed by atoms with Crippen molar-refractivity contribution in [1.29, 1.82) is 5.26 Å². The fraction of sp³-hybridized carbons (Fsp3) is 0.900. The molecular formula is C10H17FN2. The van der Waals surface area contributed by atoms with E-state index in [1.807, 2.05) is 18.7 Å². The van der Waals surface area contributed by atoms with E-state index in [2.05, 4.69) is 6.07 Å². The molecule has 0 aliphatic carbocycles. The second kappa shape index (κ2) is 4.06. The standard InChI is InChI=1S/C10H17FN2/c1-10(2,8-12)13-6-4-3-5-9(11)7-13/h9H,3-7H2,1-2H3. The van der Waals surface area contributed by atoms with Crippen LogP contribution in [0, 0.1) is 11.3 Å². The van der Waals surface area contributed by atoms with Crippen LogP contribution in [0.25, 0.3) is 0 Å². The molecule has 1 atom stereocenters. The quantitative estimate of drug-likeness (QED) is 0.624. The summed E-state index contributed by atoms with van der Waals surface area (Å²) in [5.74, 6) is 0. The fourth-order valence-corrected chi connectivity index (χ4v) is 1.67. The Hall–Kier alpha value is -0.620. The maximum atomic E-state index is 13.2. The fourth-order valence-electron chi connectivity index (χ4n) is 1.67. The summed E-state index contributed by atoms with van der Waals surface area (Å²) in [6, 6.07) is 2.22. The van der Waals surface area contributed by atoms with Gasteiger partial charge in [0, 0.05) is 6.54 Å². The Morgan fingerprint density at radius 3 is 2.77 bits per heavy atom. The van der Waals surface area contributed by atoms with Crippen molar-refractivity contribution in [3.8, 4) is 6.07 Å². The van der Waals surface area contributed by atoms with Crippen molar-refractivity contribution in [3.63, 3.8) is 0 Å². The number of nitrogens with zero attached hydrogens (tertiary/aromatic N) is 2. The molecule has 1 fully saturated rings. The molecule has 0 aromatic rings. The molecule has 1 heterocycles. The summed E-state index contributed by atoms with van der Waals surface area (Å²) in [6.45, 7) is 4.97. The van der Waals surface area contributed by atoms with Gasteiger partial charge < -0.3 is 0 Å². The molecule has 1 saturated heterocycles. The van der Waals surface area contributed by atoms with Crippen LogP contribution in [0.1, 0.15) is 33.1 Å². The lowest BCUT2D eigenvalue weighted by atomic mass is 10.1. The average molecular weight is 184 g/mol. The summed E-state index contributed by atoms with van der Waals surface area (Å²) < 4.78 is 13.2. The predicted octanol–water partition coefficient (Wildman–Crippen LogP) is 2.11. The monoisotopic (exact) mass is 184 g/mol. The molecule has 1 rings (SSSR count). The highest BCUT2D eigenvalue weighted by molar-refractivity contribution is 5.02. The molecule has 0 aromatic carbocycles. The van der Waals surface area contributed by atoms with E-state index < -0.39 is 11.7 Å². The third kappa shape index (κ3) is 2.67. The molecule has 2 nitrogen and oxygen atoms in total. The van der Waals surface area contributed by atoms with Crippen LogP contribution in [-0.4, -0.2) is 29.7 Å². The topological polar surface area (TPSA) is 27.0 Å². The Bertz CT molecular complexity index is 207. The van der Waals surface area contributed by atoms with E-state index in [-0.39, 0.29) is 0 Å². The van der Waals surface area contributed by atoms with Gasteiger partial charge >= 0.3 is 0 Å². The first-order valence-electron chi connectivity index (χ1n) is 4.86. The van der Waals surface area contributed by atoms with E-state index in [0.29, 0.717) is 13.0 Å². The van der Waals surface area contributed by atoms with Crippen molar-refractivity contribution >= 4 is 0 Å². The Morgan fingerprint density at radius 1 is 1.46 bits per heavy atom. The summed E-state index contributed by atoms with van der Waals surface area (Å²) in [4.78, 5) is 1.95. The second-order valence-electron chi connectivity index (χ2n) is 4.21. The molecule has 0 bridgehead atoms. The van der Waals surface area contributed by atoms with Crippen LogP contribution >= 0.6 is 0 Å². The third-order valence-corrected chi connectivity index (χ3v) is 2.68. The third-order valence-electron chi connectivity index (χ3n) is 2.68. The van der Waals surface area contributed by atoms with Crippen LogP contribution in [0.5, 0.6) is 0 Å². The number of hydrogen-bond acceptors (Lipinski definition) is 2. The Kier molecular flexibility index (Phi) is 3.27. The average Bonchev–Trinajstić information content (AvgIpc) is 2.30. The van der Waals surface area contributed by atoms with Crippen LogP contribution in [0.3, 0.4) is 0 Å². The first-order chi connectivity index (χ1) is 6.06. The summed E-state index contributed by atoms with van der Waals surface area (Å²) >= 11 is 0. The van der Waals surface area contributed by atoms with E-state index in [9.17, 15) is 4.39 Å². The number of alkyl halides is 1. The van der Waals surface area contributed by atoms with E-state index >= 15 is 0 Å². The highest BCUT2D eigenvalue weighted by atomic mass is 19.1. The summed E-state index contributed by atoms with van der Waals surface area (Å²) in [5.41, 5.74) is -0.519. The Balaban J connectivity index is 2.63. The zero-order valence-corrected chi connectivity index (χ0v) is 8.39. The largest absolute Gasteiger partial charge is 0.283 e. The first-order valence-corrected chi connectivity index (χ1v) is 4.86. The van der Waals surface area contributed by atoms with Gasteiger partial charge in [0.1, 0.15) is 11.7 Å². The van der Waals surface area contributed by atoms with E-state index in [1.165, 1.54) is 0 Å². The smallest absolute Gasteiger partial charge is 0.113 e. The minimum atomic E-state index is -0.755. The van der Waals surface area contributed by atoms with Gasteiger partial charge in [-0.15, -0.1) is 0 Å². The molecule has 0 spiro atoms. The molecule has 0 N–H and O–H groups in total. The second-order valence-corrected chi connectivity index (χ2v) is 4.21. The molecule has 0 aromatic heterocycles. The SMILES string of the molecule is CC(C)(C#N)N1CCCCC(F)C1. The van der Waals surface area contributed by atoms with Gasteiger partial charge in [-0.2, -0.15) is 5.26 Å². The number of hydrogen-bond donors (Lipinski definition) is 0. The van der Waals surface area contributed by atoms with Crippen LogP contribution in [0.4, 0.5) is 4.39 Å². The zero-order valence-electron chi connectivity index (χ0n) is 8.39. The lowest BCUT2D eigenvalue weighted by molar-refractivity contribution is 0.134. The van der Waals surface area contributed by atoms with Gasteiger partial charge in [0.05, 0.1) is 6.07 Å². The molecule has 13 heavy (non-hydrogen) atoms. The Labute approximate surface area is 79.3 Å². The number of rotatable bonds is 1.